The van der Waals surface area contributed by atoms with Gasteiger partial charge in [0, 0.05) is 24.8 Å². The van der Waals surface area contributed by atoms with Crippen LogP contribution in [0.1, 0.15) is 25.7 Å². The van der Waals surface area contributed by atoms with E-state index in [1.165, 1.54) is 37.8 Å². The van der Waals surface area contributed by atoms with Crippen LogP contribution in [-0.2, 0) is 0 Å². The van der Waals surface area contributed by atoms with Crippen LogP contribution in [0, 0.1) is 5.82 Å². The highest BCUT2D eigenvalue weighted by Crippen LogP contribution is 2.21. The van der Waals surface area contributed by atoms with Crippen molar-refractivity contribution in [1.82, 2.24) is 9.97 Å². The average molecular weight is 286 g/mol. The summed E-state index contributed by atoms with van der Waals surface area (Å²) in [6, 6.07) is 8.29. The van der Waals surface area contributed by atoms with Crippen LogP contribution in [0.5, 0.6) is 0 Å². The van der Waals surface area contributed by atoms with Crippen LogP contribution < -0.4 is 10.2 Å². The summed E-state index contributed by atoms with van der Waals surface area (Å²) in [5.74, 6) is 1.36. The molecule has 0 atom stereocenters. The number of halogens is 1. The van der Waals surface area contributed by atoms with E-state index in [-0.39, 0.29) is 5.82 Å². The lowest BCUT2D eigenvalue weighted by Gasteiger charge is -2.21. The topological polar surface area (TPSA) is 41.0 Å². The predicted molar refractivity (Wildman–Crippen MR) is 82.4 cm³/mol. The van der Waals surface area contributed by atoms with Crippen molar-refractivity contribution in [1.29, 1.82) is 0 Å². The summed E-state index contributed by atoms with van der Waals surface area (Å²) in [6.07, 6.45) is 6.54. The normalized spacial score (nSPS) is 15.6. The molecule has 1 fully saturated rings. The van der Waals surface area contributed by atoms with Crippen LogP contribution in [0.25, 0.3) is 0 Å². The molecule has 2 heterocycles. The molecule has 1 aromatic heterocycles. The van der Waals surface area contributed by atoms with E-state index >= 15 is 0 Å². The van der Waals surface area contributed by atoms with Gasteiger partial charge in [0.25, 0.3) is 0 Å². The Bertz CT molecular complexity index is 594. The van der Waals surface area contributed by atoms with E-state index in [1.807, 2.05) is 12.1 Å². The summed E-state index contributed by atoms with van der Waals surface area (Å²) in [5.41, 5.74) is 0.690. The molecule has 0 bridgehead atoms. The maximum absolute atomic E-state index is 13.2. The SMILES string of the molecule is Fc1cccc(Nc2cc(N3CCCCCC3)ncn2)c1. The summed E-state index contributed by atoms with van der Waals surface area (Å²) in [4.78, 5) is 10.9. The summed E-state index contributed by atoms with van der Waals surface area (Å²) >= 11 is 0. The van der Waals surface area contributed by atoms with Gasteiger partial charge in [-0.1, -0.05) is 18.9 Å². The summed E-state index contributed by atoms with van der Waals surface area (Å²) < 4.78 is 13.2. The van der Waals surface area contributed by atoms with E-state index in [1.54, 1.807) is 12.4 Å². The third-order valence-corrected chi connectivity index (χ3v) is 3.68. The van der Waals surface area contributed by atoms with Crippen molar-refractivity contribution in [3.8, 4) is 0 Å². The second-order valence-corrected chi connectivity index (χ2v) is 5.30. The molecule has 0 saturated carbocycles. The van der Waals surface area contributed by atoms with Crippen molar-refractivity contribution in [2.45, 2.75) is 25.7 Å². The van der Waals surface area contributed by atoms with E-state index in [0.717, 1.165) is 18.9 Å². The van der Waals surface area contributed by atoms with Crippen molar-refractivity contribution >= 4 is 17.3 Å². The van der Waals surface area contributed by atoms with Gasteiger partial charge in [0.05, 0.1) is 0 Å². The molecule has 0 amide bonds. The Balaban J connectivity index is 1.76. The number of rotatable bonds is 3. The Morgan fingerprint density at radius 3 is 2.57 bits per heavy atom. The van der Waals surface area contributed by atoms with Crippen molar-refractivity contribution in [2.75, 3.05) is 23.3 Å². The monoisotopic (exact) mass is 286 g/mol. The van der Waals surface area contributed by atoms with Crippen molar-refractivity contribution in [3.05, 3.63) is 42.5 Å². The molecule has 0 radical (unpaired) electrons. The molecule has 1 N–H and O–H groups in total. The number of benzene rings is 1. The van der Waals surface area contributed by atoms with Crippen LogP contribution in [-0.4, -0.2) is 23.1 Å². The molecule has 3 rings (SSSR count). The minimum Gasteiger partial charge on any atom is -0.356 e. The highest BCUT2D eigenvalue weighted by atomic mass is 19.1. The Labute approximate surface area is 124 Å². The predicted octanol–water partition coefficient (Wildman–Crippen LogP) is 3.74. The van der Waals surface area contributed by atoms with Crippen molar-refractivity contribution in [2.24, 2.45) is 0 Å². The zero-order valence-electron chi connectivity index (χ0n) is 11.9. The van der Waals surface area contributed by atoms with E-state index in [0.29, 0.717) is 11.5 Å². The number of anilines is 3. The smallest absolute Gasteiger partial charge is 0.135 e. The molecular weight excluding hydrogens is 267 g/mol. The van der Waals surface area contributed by atoms with Gasteiger partial charge in [-0.15, -0.1) is 0 Å². The van der Waals surface area contributed by atoms with Gasteiger partial charge in [0.15, 0.2) is 0 Å². The Morgan fingerprint density at radius 2 is 1.81 bits per heavy atom. The number of aromatic nitrogens is 2. The molecule has 0 unspecified atom stereocenters. The fraction of sp³-hybridized carbons (Fsp3) is 0.375. The fourth-order valence-electron chi connectivity index (χ4n) is 2.60. The molecule has 0 aliphatic carbocycles. The molecular formula is C16H19FN4. The van der Waals surface area contributed by atoms with Crippen LogP contribution in [0.4, 0.5) is 21.7 Å². The van der Waals surface area contributed by atoms with Gasteiger partial charge in [-0.25, -0.2) is 14.4 Å². The number of hydrogen-bond donors (Lipinski definition) is 1. The number of nitrogens with zero attached hydrogens (tertiary/aromatic N) is 3. The zero-order valence-corrected chi connectivity index (χ0v) is 11.9. The second kappa shape index (κ2) is 6.52. The quantitative estimate of drug-likeness (QED) is 0.933. The molecule has 5 heteroatoms. The molecule has 110 valence electrons. The number of hydrogen-bond acceptors (Lipinski definition) is 4. The lowest BCUT2D eigenvalue weighted by Crippen LogP contribution is -2.25. The van der Waals surface area contributed by atoms with E-state index in [9.17, 15) is 4.39 Å². The van der Waals surface area contributed by atoms with E-state index in [2.05, 4.69) is 20.2 Å². The second-order valence-electron chi connectivity index (χ2n) is 5.30. The lowest BCUT2D eigenvalue weighted by molar-refractivity contribution is 0.628. The third kappa shape index (κ3) is 3.68. The summed E-state index contributed by atoms with van der Waals surface area (Å²) in [7, 11) is 0. The van der Waals surface area contributed by atoms with Gasteiger partial charge in [-0.05, 0) is 31.0 Å². The van der Waals surface area contributed by atoms with Gasteiger partial charge < -0.3 is 10.2 Å². The Morgan fingerprint density at radius 1 is 1.00 bits per heavy atom. The first-order valence-corrected chi connectivity index (χ1v) is 7.41. The van der Waals surface area contributed by atoms with Crippen LogP contribution in [0.15, 0.2) is 36.7 Å². The zero-order chi connectivity index (χ0) is 14.5. The number of nitrogens with one attached hydrogen (secondary N) is 1. The largest absolute Gasteiger partial charge is 0.356 e. The average Bonchev–Trinajstić information content (AvgIpc) is 2.77. The maximum atomic E-state index is 13.2. The van der Waals surface area contributed by atoms with Crippen molar-refractivity contribution < 1.29 is 4.39 Å². The van der Waals surface area contributed by atoms with Crippen LogP contribution in [0.2, 0.25) is 0 Å². The van der Waals surface area contributed by atoms with Crippen LogP contribution >= 0.6 is 0 Å². The highest BCUT2D eigenvalue weighted by molar-refractivity contribution is 5.59. The third-order valence-electron chi connectivity index (χ3n) is 3.68. The van der Waals surface area contributed by atoms with E-state index < -0.39 is 0 Å². The first kappa shape index (κ1) is 13.8. The molecule has 0 spiro atoms. The first-order chi connectivity index (χ1) is 10.3. The molecule has 1 aliphatic rings. The van der Waals surface area contributed by atoms with Gasteiger partial charge in [-0.2, -0.15) is 0 Å². The van der Waals surface area contributed by atoms with Gasteiger partial charge >= 0.3 is 0 Å². The minimum absolute atomic E-state index is 0.262. The summed E-state index contributed by atoms with van der Waals surface area (Å²) in [5, 5.41) is 3.12. The molecule has 21 heavy (non-hydrogen) atoms. The maximum Gasteiger partial charge on any atom is 0.135 e. The van der Waals surface area contributed by atoms with Gasteiger partial charge in [-0.3, -0.25) is 0 Å². The first-order valence-electron chi connectivity index (χ1n) is 7.41. The molecule has 2 aromatic rings. The van der Waals surface area contributed by atoms with Crippen LogP contribution in [0.3, 0.4) is 0 Å². The summed E-state index contributed by atoms with van der Waals surface area (Å²) in [6.45, 7) is 2.08. The molecule has 4 nitrogen and oxygen atoms in total. The van der Waals surface area contributed by atoms with Gasteiger partial charge in [0.1, 0.15) is 23.8 Å². The minimum atomic E-state index is -0.262. The molecule has 1 saturated heterocycles. The molecule has 1 aliphatic heterocycles. The standard InChI is InChI=1S/C16H19FN4/c17-13-6-5-7-14(10-13)20-15-11-16(19-12-18-15)21-8-3-1-2-4-9-21/h5-7,10-12H,1-4,8-9H2,(H,18,19,20). The van der Waals surface area contributed by atoms with E-state index in [4.69, 9.17) is 0 Å². The van der Waals surface area contributed by atoms with Crippen molar-refractivity contribution in [3.63, 3.8) is 0 Å². The Hall–Kier alpha value is -2.17. The lowest BCUT2D eigenvalue weighted by atomic mass is 10.2. The highest BCUT2D eigenvalue weighted by Gasteiger charge is 2.11. The van der Waals surface area contributed by atoms with Gasteiger partial charge in [0.2, 0.25) is 0 Å². The molecule has 1 aromatic carbocycles. The Kier molecular flexibility index (Phi) is 4.28. The fourth-order valence-corrected chi connectivity index (χ4v) is 2.60.